The van der Waals surface area contributed by atoms with Gasteiger partial charge in [-0.1, -0.05) is 30.3 Å². The molecule has 5 nitrogen and oxygen atoms in total. The molecule has 2 rings (SSSR count). The van der Waals surface area contributed by atoms with Gasteiger partial charge in [0.25, 0.3) is 11.5 Å². The van der Waals surface area contributed by atoms with E-state index in [-0.39, 0.29) is 11.3 Å². The minimum absolute atomic E-state index is 0.124. The van der Waals surface area contributed by atoms with Gasteiger partial charge in [-0.2, -0.15) is 13.2 Å². The molecule has 0 N–H and O–H groups in total. The zero-order valence-corrected chi connectivity index (χ0v) is 13.0. The predicted molar refractivity (Wildman–Crippen MR) is 87.0 cm³/mol. The Hall–Kier alpha value is -3.16. The quantitative estimate of drug-likeness (QED) is 0.460. The standard InChI is InChI=1S/C17H13F3N2O3/c1-21(13-7-9-14(10-8-13)22(24)25)11-15(16(23)17(18,19)20)12-5-3-2-4-6-12/h2-11H,1H3/b15-11-. The summed E-state index contributed by atoms with van der Waals surface area (Å²) in [6.45, 7) is 0. The summed E-state index contributed by atoms with van der Waals surface area (Å²) >= 11 is 0. The molecule has 0 aliphatic carbocycles. The maximum atomic E-state index is 12.9. The number of nitrogens with zero attached hydrogens (tertiary/aromatic N) is 2. The molecule has 0 amide bonds. The fourth-order valence-electron chi connectivity index (χ4n) is 2.11. The van der Waals surface area contributed by atoms with Crippen LogP contribution in [0, 0.1) is 10.1 Å². The molecule has 130 valence electrons. The number of carbonyl (C=O) groups is 1. The molecule has 0 spiro atoms. The topological polar surface area (TPSA) is 63.5 Å². The van der Waals surface area contributed by atoms with Crippen LogP contribution in [0.3, 0.4) is 0 Å². The zero-order valence-electron chi connectivity index (χ0n) is 13.0. The molecule has 0 aliphatic rings. The second-order valence-electron chi connectivity index (χ2n) is 5.12. The number of benzene rings is 2. The van der Waals surface area contributed by atoms with Crippen molar-refractivity contribution in [3.05, 3.63) is 76.5 Å². The molecule has 0 aromatic heterocycles. The third kappa shape index (κ3) is 4.43. The first-order valence-corrected chi connectivity index (χ1v) is 7.06. The van der Waals surface area contributed by atoms with Gasteiger partial charge in [0.05, 0.1) is 10.5 Å². The van der Waals surface area contributed by atoms with E-state index in [1.54, 1.807) is 6.07 Å². The Bertz CT molecular complexity index is 800. The van der Waals surface area contributed by atoms with Crippen molar-refractivity contribution >= 4 is 22.7 Å². The van der Waals surface area contributed by atoms with Crippen LogP contribution in [0.25, 0.3) is 5.57 Å². The summed E-state index contributed by atoms with van der Waals surface area (Å²) in [5, 5.41) is 10.7. The third-order valence-corrected chi connectivity index (χ3v) is 3.38. The predicted octanol–water partition coefficient (Wildman–Crippen LogP) is 4.20. The SMILES string of the molecule is CN(/C=C(\C(=O)C(F)(F)F)c1ccccc1)c1ccc([N+](=O)[O-])cc1. The summed E-state index contributed by atoms with van der Waals surface area (Å²) in [7, 11) is 1.45. The molecule has 0 aliphatic heterocycles. The number of non-ortho nitro benzene ring substituents is 1. The second kappa shape index (κ2) is 7.16. The van der Waals surface area contributed by atoms with Gasteiger partial charge in [0.2, 0.25) is 0 Å². The normalized spacial score (nSPS) is 11.9. The molecule has 0 fully saturated rings. The molecular formula is C17H13F3N2O3. The maximum absolute atomic E-state index is 12.9. The minimum Gasteiger partial charge on any atom is -0.350 e. The van der Waals surface area contributed by atoms with Gasteiger partial charge in [-0.05, 0) is 17.7 Å². The van der Waals surface area contributed by atoms with E-state index < -0.39 is 22.5 Å². The second-order valence-corrected chi connectivity index (χ2v) is 5.12. The van der Waals surface area contributed by atoms with Crippen molar-refractivity contribution in [3.63, 3.8) is 0 Å². The maximum Gasteiger partial charge on any atom is 0.454 e. The van der Waals surface area contributed by atoms with Gasteiger partial charge in [0.15, 0.2) is 0 Å². The summed E-state index contributed by atoms with van der Waals surface area (Å²) < 4.78 is 38.7. The summed E-state index contributed by atoms with van der Waals surface area (Å²) in [4.78, 5) is 23.1. The Morgan fingerprint density at radius 1 is 1.08 bits per heavy atom. The minimum atomic E-state index is -5.02. The molecule has 0 radical (unpaired) electrons. The highest BCUT2D eigenvalue weighted by atomic mass is 19.4. The molecule has 2 aromatic carbocycles. The van der Waals surface area contributed by atoms with Crippen LogP contribution in [-0.4, -0.2) is 23.9 Å². The van der Waals surface area contributed by atoms with E-state index in [1.807, 2.05) is 0 Å². The number of anilines is 1. The number of nitro benzene ring substituents is 1. The molecule has 0 unspecified atom stereocenters. The molecule has 25 heavy (non-hydrogen) atoms. The first-order chi connectivity index (χ1) is 11.7. The molecule has 0 bridgehead atoms. The van der Waals surface area contributed by atoms with Gasteiger partial charge in [-0.25, -0.2) is 0 Å². The Kier molecular flexibility index (Phi) is 5.21. The number of hydrogen-bond donors (Lipinski definition) is 0. The number of hydrogen-bond acceptors (Lipinski definition) is 4. The summed E-state index contributed by atoms with van der Waals surface area (Å²) in [5.41, 5.74) is -0.141. The Labute approximate surface area is 141 Å². The van der Waals surface area contributed by atoms with E-state index in [9.17, 15) is 28.1 Å². The monoisotopic (exact) mass is 350 g/mol. The smallest absolute Gasteiger partial charge is 0.350 e. The lowest BCUT2D eigenvalue weighted by Crippen LogP contribution is -2.25. The number of carbonyl (C=O) groups excluding carboxylic acids is 1. The molecule has 2 aromatic rings. The van der Waals surface area contributed by atoms with Gasteiger partial charge in [0.1, 0.15) is 0 Å². The van der Waals surface area contributed by atoms with E-state index in [4.69, 9.17) is 0 Å². The third-order valence-electron chi connectivity index (χ3n) is 3.38. The zero-order chi connectivity index (χ0) is 18.6. The molecule has 0 heterocycles. The summed E-state index contributed by atoms with van der Waals surface area (Å²) in [5.74, 6) is -1.97. The number of nitro groups is 1. The summed E-state index contributed by atoms with van der Waals surface area (Å²) in [6.07, 6.45) is -3.95. The van der Waals surface area contributed by atoms with Gasteiger partial charge in [-0.15, -0.1) is 0 Å². The largest absolute Gasteiger partial charge is 0.454 e. The van der Waals surface area contributed by atoms with Crippen LogP contribution in [0.5, 0.6) is 0 Å². The van der Waals surface area contributed by atoms with E-state index in [1.165, 1.54) is 60.5 Å². The van der Waals surface area contributed by atoms with Crippen molar-refractivity contribution in [2.45, 2.75) is 6.18 Å². The lowest BCUT2D eigenvalue weighted by atomic mass is 10.0. The number of ketones is 1. The number of halogens is 3. The lowest BCUT2D eigenvalue weighted by molar-refractivity contribution is -0.384. The first kappa shape index (κ1) is 18.2. The van der Waals surface area contributed by atoms with Crippen LogP contribution in [0.2, 0.25) is 0 Å². The fraction of sp³-hybridized carbons (Fsp3) is 0.118. The van der Waals surface area contributed by atoms with E-state index in [0.717, 1.165) is 6.20 Å². The molecular weight excluding hydrogens is 337 g/mol. The number of allylic oxidation sites excluding steroid dienone is 1. The number of rotatable bonds is 5. The number of alkyl halides is 3. The van der Waals surface area contributed by atoms with Crippen LogP contribution in [0.1, 0.15) is 5.56 Å². The van der Waals surface area contributed by atoms with Gasteiger partial charge < -0.3 is 4.90 Å². The Morgan fingerprint density at radius 3 is 2.12 bits per heavy atom. The van der Waals surface area contributed by atoms with Crippen LogP contribution < -0.4 is 4.90 Å². The number of Topliss-reactive ketones (excluding diaryl/α,β-unsaturated/α-hetero) is 1. The van der Waals surface area contributed by atoms with E-state index in [2.05, 4.69) is 0 Å². The van der Waals surface area contributed by atoms with Crippen molar-refractivity contribution < 1.29 is 22.9 Å². The van der Waals surface area contributed by atoms with Crippen molar-refractivity contribution in [1.82, 2.24) is 0 Å². The highest BCUT2D eigenvalue weighted by Crippen LogP contribution is 2.28. The summed E-state index contributed by atoms with van der Waals surface area (Å²) in [6, 6.07) is 12.7. The highest BCUT2D eigenvalue weighted by molar-refractivity contribution is 6.23. The lowest BCUT2D eigenvalue weighted by Gasteiger charge is -2.17. The van der Waals surface area contributed by atoms with Crippen molar-refractivity contribution in [2.24, 2.45) is 0 Å². The Balaban J connectivity index is 2.42. The highest BCUT2D eigenvalue weighted by Gasteiger charge is 2.41. The Morgan fingerprint density at radius 2 is 1.64 bits per heavy atom. The van der Waals surface area contributed by atoms with Crippen molar-refractivity contribution in [1.29, 1.82) is 0 Å². The average molecular weight is 350 g/mol. The van der Waals surface area contributed by atoms with Gasteiger partial charge in [0, 0.05) is 31.1 Å². The van der Waals surface area contributed by atoms with Crippen LogP contribution >= 0.6 is 0 Å². The van der Waals surface area contributed by atoms with Gasteiger partial charge >= 0.3 is 6.18 Å². The van der Waals surface area contributed by atoms with Crippen molar-refractivity contribution in [2.75, 3.05) is 11.9 Å². The van der Waals surface area contributed by atoms with Gasteiger partial charge in [-0.3, -0.25) is 14.9 Å². The average Bonchev–Trinajstić information content (AvgIpc) is 2.59. The van der Waals surface area contributed by atoms with E-state index >= 15 is 0 Å². The molecule has 0 saturated carbocycles. The van der Waals surface area contributed by atoms with Crippen LogP contribution in [0.15, 0.2) is 60.8 Å². The van der Waals surface area contributed by atoms with Crippen LogP contribution in [0.4, 0.5) is 24.5 Å². The van der Waals surface area contributed by atoms with Crippen LogP contribution in [-0.2, 0) is 4.79 Å². The molecule has 8 heteroatoms. The molecule has 0 atom stereocenters. The van der Waals surface area contributed by atoms with Crippen molar-refractivity contribution in [3.8, 4) is 0 Å². The first-order valence-electron chi connectivity index (χ1n) is 7.06. The molecule has 0 saturated heterocycles. The van der Waals surface area contributed by atoms with E-state index in [0.29, 0.717) is 5.69 Å². The fourth-order valence-corrected chi connectivity index (χ4v) is 2.11.